The summed E-state index contributed by atoms with van der Waals surface area (Å²) in [5, 5.41) is 2.84. The zero-order chi connectivity index (χ0) is 17.5. The maximum atomic E-state index is 12.2. The Kier molecular flexibility index (Phi) is 6.06. The Labute approximate surface area is 141 Å². The van der Waals surface area contributed by atoms with Gasteiger partial charge >= 0.3 is 0 Å². The number of amides is 3. The summed E-state index contributed by atoms with van der Waals surface area (Å²) in [6.07, 6.45) is 5.65. The van der Waals surface area contributed by atoms with Crippen molar-refractivity contribution in [3.63, 3.8) is 0 Å². The van der Waals surface area contributed by atoms with Gasteiger partial charge in [0.25, 0.3) is 0 Å². The number of pyridine rings is 1. The van der Waals surface area contributed by atoms with E-state index in [1.165, 1.54) is 11.0 Å². The van der Waals surface area contributed by atoms with Crippen LogP contribution < -0.4 is 5.32 Å². The van der Waals surface area contributed by atoms with Crippen LogP contribution in [0.3, 0.4) is 0 Å². The number of nitrogens with one attached hydrogen (secondary N) is 1. The molecule has 24 heavy (non-hydrogen) atoms. The van der Waals surface area contributed by atoms with Crippen molar-refractivity contribution >= 4 is 23.4 Å². The number of likely N-dealkylation sites (N-methyl/N-ethyl adjacent to an activating group) is 1. The summed E-state index contributed by atoms with van der Waals surface area (Å²) in [5.41, 5.74) is 0.672. The van der Waals surface area contributed by atoms with E-state index < -0.39 is 0 Å². The summed E-state index contributed by atoms with van der Waals surface area (Å²) in [6.45, 7) is 4.45. The molecule has 0 aromatic carbocycles. The van der Waals surface area contributed by atoms with Crippen molar-refractivity contribution in [3.8, 4) is 0 Å². The van der Waals surface area contributed by atoms with Crippen LogP contribution in [0.15, 0.2) is 37.2 Å². The summed E-state index contributed by atoms with van der Waals surface area (Å²) < 4.78 is 0. The zero-order valence-corrected chi connectivity index (χ0v) is 13.8. The minimum absolute atomic E-state index is 0.0252. The molecule has 128 valence electrons. The van der Waals surface area contributed by atoms with Gasteiger partial charge in [-0.15, -0.1) is 0 Å². The molecular formula is C17H22N4O3. The van der Waals surface area contributed by atoms with Crippen LogP contribution in [-0.2, 0) is 14.4 Å². The zero-order valence-electron chi connectivity index (χ0n) is 13.8. The van der Waals surface area contributed by atoms with Crippen molar-refractivity contribution in [2.45, 2.75) is 12.8 Å². The van der Waals surface area contributed by atoms with Crippen LogP contribution in [0.2, 0.25) is 0 Å². The maximum absolute atomic E-state index is 12.2. The number of hydrogen-bond donors (Lipinski definition) is 1. The lowest BCUT2D eigenvalue weighted by Gasteiger charge is -2.32. The van der Waals surface area contributed by atoms with E-state index >= 15 is 0 Å². The standard InChI is InChI=1S/C17H22N4O3/c1-3-15(22)20(2)12-16(23)21-9-6-13(7-10-21)17(24)19-14-5-4-8-18-11-14/h3-5,8,11,13H,1,6-7,9-10,12H2,2H3,(H,19,24). The Morgan fingerprint density at radius 2 is 2.12 bits per heavy atom. The van der Waals surface area contributed by atoms with Crippen LogP contribution in [0.5, 0.6) is 0 Å². The van der Waals surface area contributed by atoms with Gasteiger partial charge in [0, 0.05) is 32.3 Å². The number of rotatable bonds is 5. The van der Waals surface area contributed by atoms with Gasteiger partial charge in [-0.1, -0.05) is 6.58 Å². The number of piperidine rings is 1. The fourth-order valence-corrected chi connectivity index (χ4v) is 2.61. The van der Waals surface area contributed by atoms with Gasteiger partial charge in [0.1, 0.15) is 0 Å². The van der Waals surface area contributed by atoms with Crippen molar-refractivity contribution in [2.24, 2.45) is 5.92 Å². The van der Waals surface area contributed by atoms with Crippen molar-refractivity contribution in [2.75, 3.05) is 32.0 Å². The largest absolute Gasteiger partial charge is 0.341 e. The van der Waals surface area contributed by atoms with Crippen LogP contribution in [-0.4, -0.2) is 59.2 Å². The SMILES string of the molecule is C=CC(=O)N(C)CC(=O)N1CCC(C(=O)Nc2cccnc2)CC1. The predicted octanol–water partition coefficient (Wildman–Crippen LogP) is 0.903. The molecule has 0 bridgehead atoms. The van der Waals surface area contributed by atoms with Crippen molar-refractivity contribution < 1.29 is 14.4 Å². The molecule has 7 heteroatoms. The first kappa shape index (κ1) is 17.7. The lowest BCUT2D eigenvalue weighted by Crippen LogP contribution is -2.45. The van der Waals surface area contributed by atoms with E-state index in [9.17, 15) is 14.4 Å². The smallest absolute Gasteiger partial charge is 0.246 e. The third kappa shape index (κ3) is 4.65. The van der Waals surface area contributed by atoms with Crippen molar-refractivity contribution in [3.05, 3.63) is 37.2 Å². The van der Waals surface area contributed by atoms with E-state index in [0.29, 0.717) is 31.6 Å². The normalized spacial score (nSPS) is 14.8. The van der Waals surface area contributed by atoms with Gasteiger partial charge in [0.2, 0.25) is 17.7 Å². The Hall–Kier alpha value is -2.70. The second kappa shape index (κ2) is 8.24. The molecule has 0 saturated carbocycles. The van der Waals surface area contributed by atoms with E-state index in [1.807, 2.05) is 0 Å². The van der Waals surface area contributed by atoms with E-state index in [1.54, 1.807) is 36.5 Å². The topological polar surface area (TPSA) is 82.6 Å². The average Bonchev–Trinajstić information content (AvgIpc) is 2.61. The van der Waals surface area contributed by atoms with Gasteiger partial charge in [-0.2, -0.15) is 0 Å². The highest BCUT2D eigenvalue weighted by Gasteiger charge is 2.28. The third-order valence-electron chi connectivity index (χ3n) is 4.07. The second-order valence-electron chi connectivity index (χ2n) is 5.78. The average molecular weight is 330 g/mol. The minimum Gasteiger partial charge on any atom is -0.341 e. The molecule has 2 rings (SSSR count). The number of nitrogens with zero attached hydrogens (tertiary/aromatic N) is 3. The van der Waals surface area contributed by atoms with E-state index in [-0.39, 0.29) is 30.2 Å². The fraction of sp³-hybridized carbons (Fsp3) is 0.412. The molecule has 0 radical (unpaired) electrons. The monoisotopic (exact) mass is 330 g/mol. The Bertz CT molecular complexity index is 610. The molecule has 0 atom stereocenters. The highest BCUT2D eigenvalue weighted by atomic mass is 16.2. The van der Waals surface area contributed by atoms with Gasteiger partial charge in [0.15, 0.2) is 0 Å². The number of carbonyl (C=O) groups is 3. The molecule has 0 unspecified atom stereocenters. The van der Waals surface area contributed by atoms with Gasteiger partial charge < -0.3 is 15.1 Å². The van der Waals surface area contributed by atoms with Gasteiger partial charge in [-0.3, -0.25) is 19.4 Å². The summed E-state index contributed by atoms with van der Waals surface area (Å²) in [7, 11) is 1.57. The summed E-state index contributed by atoms with van der Waals surface area (Å²) in [6, 6.07) is 3.55. The summed E-state index contributed by atoms with van der Waals surface area (Å²) >= 11 is 0. The van der Waals surface area contributed by atoms with E-state index in [4.69, 9.17) is 0 Å². The Morgan fingerprint density at radius 3 is 2.71 bits per heavy atom. The van der Waals surface area contributed by atoms with Gasteiger partial charge in [-0.25, -0.2) is 0 Å². The highest BCUT2D eigenvalue weighted by Crippen LogP contribution is 2.19. The molecule has 0 spiro atoms. The predicted molar refractivity (Wildman–Crippen MR) is 90.0 cm³/mol. The molecule has 1 saturated heterocycles. The number of likely N-dealkylation sites (tertiary alicyclic amines) is 1. The Morgan fingerprint density at radius 1 is 1.42 bits per heavy atom. The molecule has 0 aliphatic carbocycles. The molecule has 7 nitrogen and oxygen atoms in total. The molecule has 1 aromatic rings. The molecule has 2 heterocycles. The molecule has 1 aliphatic rings. The number of carbonyl (C=O) groups excluding carboxylic acids is 3. The van der Waals surface area contributed by atoms with Crippen LogP contribution in [0.25, 0.3) is 0 Å². The molecule has 1 aromatic heterocycles. The van der Waals surface area contributed by atoms with E-state index in [2.05, 4.69) is 16.9 Å². The summed E-state index contributed by atoms with van der Waals surface area (Å²) in [4.78, 5) is 42.8. The minimum atomic E-state index is -0.283. The quantitative estimate of drug-likeness (QED) is 0.813. The number of aromatic nitrogens is 1. The lowest BCUT2D eigenvalue weighted by molar-refractivity contribution is -0.139. The van der Waals surface area contributed by atoms with Crippen LogP contribution in [0, 0.1) is 5.92 Å². The maximum Gasteiger partial charge on any atom is 0.246 e. The van der Waals surface area contributed by atoms with E-state index in [0.717, 1.165) is 0 Å². The lowest BCUT2D eigenvalue weighted by atomic mass is 9.95. The van der Waals surface area contributed by atoms with Gasteiger partial charge in [0.05, 0.1) is 18.4 Å². The second-order valence-corrected chi connectivity index (χ2v) is 5.78. The van der Waals surface area contributed by atoms with Crippen LogP contribution in [0.4, 0.5) is 5.69 Å². The first-order valence-electron chi connectivity index (χ1n) is 7.87. The molecule has 3 amide bonds. The molecule has 1 fully saturated rings. The molecule has 1 N–H and O–H groups in total. The molecular weight excluding hydrogens is 308 g/mol. The number of anilines is 1. The van der Waals surface area contributed by atoms with Gasteiger partial charge in [-0.05, 0) is 31.1 Å². The van der Waals surface area contributed by atoms with Crippen LogP contribution >= 0.6 is 0 Å². The molecule has 1 aliphatic heterocycles. The third-order valence-corrected chi connectivity index (χ3v) is 4.07. The van der Waals surface area contributed by atoms with Crippen LogP contribution in [0.1, 0.15) is 12.8 Å². The fourth-order valence-electron chi connectivity index (χ4n) is 2.61. The van der Waals surface area contributed by atoms with Crippen molar-refractivity contribution in [1.29, 1.82) is 0 Å². The number of hydrogen-bond acceptors (Lipinski definition) is 4. The Balaban J connectivity index is 1.80. The van der Waals surface area contributed by atoms with Crippen molar-refractivity contribution in [1.82, 2.24) is 14.8 Å². The highest BCUT2D eigenvalue weighted by molar-refractivity contribution is 5.93. The summed E-state index contributed by atoms with van der Waals surface area (Å²) in [5.74, 6) is -0.566. The first-order chi connectivity index (χ1) is 11.5. The first-order valence-corrected chi connectivity index (χ1v) is 7.87.